The zero-order chi connectivity index (χ0) is 20.3. The lowest BCUT2D eigenvalue weighted by Gasteiger charge is -2.32. The number of carbonyl (C=O) groups excluding carboxylic acids is 2. The highest BCUT2D eigenvalue weighted by Gasteiger charge is 2.25. The molecule has 0 spiro atoms. The summed E-state index contributed by atoms with van der Waals surface area (Å²) in [4.78, 5) is 37.6. The Labute approximate surface area is 163 Å². The van der Waals surface area contributed by atoms with Crippen LogP contribution in [0.2, 0.25) is 0 Å². The van der Waals surface area contributed by atoms with Gasteiger partial charge in [-0.2, -0.15) is 0 Å². The van der Waals surface area contributed by atoms with Crippen LogP contribution >= 0.6 is 0 Å². The minimum Gasteiger partial charge on any atom is -0.366 e. The Hall–Kier alpha value is -3.22. The monoisotopic (exact) mass is 381 g/mol. The van der Waals surface area contributed by atoms with Gasteiger partial charge >= 0.3 is 0 Å². The predicted octanol–water partition coefficient (Wildman–Crippen LogP) is 4.29. The SMILES string of the molecule is CC(=O)c1ccccc1NC(=O)c1ccc(N2CCCC(C)C2)c([N+](=O)[O-])c1. The highest BCUT2D eigenvalue weighted by molar-refractivity contribution is 6.09. The minimum absolute atomic E-state index is 0.0818. The number of ketones is 1. The molecule has 0 radical (unpaired) electrons. The van der Waals surface area contributed by atoms with E-state index in [1.54, 1.807) is 36.4 Å². The second-order valence-corrected chi connectivity index (χ2v) is 7.21. The van der Waals surface area contributed by atoms with Gasteiger partial charge in [0.25, 0.3) is 11.6 Å². The lowest BCUT2D eigenvalue weighted by atomic mass is 9.99. The van der Waals surface area contributed by atoms with E-state index >= 15 is 0 Å². The number of nitro benzene ring substituents is 1. The molecular weight excluding hydrogens is 358 g/mol. The van der Waals surface area contributed by atoms with Crippen LogP contribution < -0.4 is 10.2 Å². The summed E-state index contributed by atoms with van der Waals surface area (Å²) >= 11 is 0. The van der Waals surface area contributed by atoms with Crippen molar-refractivity contribution in [1.82, 2.24) is 0 Å². The van der Waals surface area contributed by atoms with Gasteiger partial charge in [0.05, 0.1) is 10.6 Å². The number of para-hydroxylation sites is 1. The van der Waals surface area contributed by atoms with Gasteiger partial charge in [-0.05, 0) is 49.9 Å². The summed E-state index contributed by atoms with van der Waals surface area (Å²) in [6.07, 6.45) is 2.10. The van der Waals surface area contributed by atoms with Crippen LogP contribution in [0.25, 0.3) is 0 Å². The second kappa shape index (κ2) is 8.21. The van der Waals surface area contributed by atoms with Crippen LogP contribution in [0, 0.1) is 16.0 Å². The lowest BCUT2D eigenvalue weighted by molar-refractivity contribution is -0.384. The first-order valence-corrected chi connectivity index (χ1v) is 9.31. The molecule has 0 aromatic heterocycles. The molecule has 1 amide bonds. The first-order chi connectivity index (χ1) is 13.4. The number of carbonyl (C=O) groups is 2. The molecule has 2 aromatic rings. The molecule has 7 heteroatoms. The van der Waals surface area contributed by atoms with Gasteiger partial charge < -0.3 is 10.2 Å². The molecule has 1 unspecified atom stereocenters. The van der Waals surface area contributed by atoms with Crippen molar-refractivity contribution in [3.8, 4) is 0 Å². The molecule has 1 fully saturated rings. The number of nitro groups is 1. The molecule has 2 aromatic carbocycles. The van der Waals surface area contributed by atoms with Crippen LogP contribution in [0.4, 0.5) is 17.1 Å². The minimum atomic E-state index is -0.490. The Morgan fingerprint density at radius 1 is 1.21 bits per heavy atom. The zero-order valence-electron chi connectivity index (χ0n) is 16.0. The number of piperidine rings is 1. The van der Waals surface area contributed by atoms with Crippen LogP contribution in [0.5, 0.6) is 0 Å². The Morgan fingerprint density at radius 3 is 2.64 bits per heavy atom. The van der Waals surface area contributed by atoms with Crippen LogP contribution in [-0.4, -0.2) is 29.7 Å². The molecular formula is C21H23N3O4. The number of nitrogens with zero attached hydrogens (tertiary/aromatic N) is 2. The van der Waals surface area contributed by atoms with E-state index in [1.165, 1.54) is 13.0 Å². The van der Waals surface area contributed by atoms with Crippen molar-refractivity contribution < 1.29 is 14.5 Å². The van der Waals surface area contributed by atoms with Crippen molar-refractivity contribution in [2.24, 2.45) is 5.92 Å². The van der Waals surface area contributed by atoms with E-state index in [4.69, 9.17) is 0 Å². The number of nitrogens with one attached hydrogen (secondary N) is 1. The lowest BCUT2D eigenvalue weighted by Crippen LogP contribution is -2.34. The van der Waals surface area contributed by atoms with Gasteiger partial charge in [0.15, 0.2) is 5.78 Å². The Morgan fingerprint density at radius 2 is 1.96 bits per heavy atom. The third-order valence-corrected chi connectivity index (χ3v) is 4.99. The third kappa shape index (κ3) is 4.19. The highest BCUT2D eigenvalue weighted by atomic mass is 16.6. The number of anilines is 2. The van der Waals surface area contributed by atoms with Gasteiger partial charge in [-0.25, -0.2) is 0 Å². The van der Waals surface area contributed by atoms with Gasteiger partial charge in [0, 0.05) is 30.3 Å². The van der Waals surface area contributed by atoms with Gasteiger partial charge in [-0.15, -0.1) is 0 Å². The van der Waals surface area contributed by atoms with E-state index in [0.29, 0.717) is 22.9 Å². The number of benzene rings is 2. The van der Waals surface area contributed by atoms with Crippen molar-refractivity contribution in [3.63, 3.8) is 0 Å². The molecule has 1 heterocycles. The van der Waals surface area contributed by atoms with Gasteiger partial charge in [0.1, 0.15) is 5.69 Å². The Kier molecular flexibility index (Phi) is 5.73. The van der Waals surface area contributed by atoms with Gasteiger partial charge in [-0.1, -0.05) is 19.1 Å². The summed E-state index contributed by atoms with van der Waals surface area (Å²) in [5.41, 5.74) is 1.42. The smallest absolute Gasteiger partial charge is 0.293 e. The van der Waals surface area contributed by atoms with Crippen LogP contribution in [-0.2, 0) is 0 Å². The van der Waals surface area contributed by atoms with Crippen molar-refractivity contribution in [3.05, 3.63) is 63.7 Å². The number of Topliss-reactive ketones (excluding diaryl/α,β-unsaturated/α-hetero) is 1. The molecule has 0 saturated carbocycles. The van der Waals surface area contributed by atoms with E-state index in [2.05, 4.69) is 12.2 Å². The maximum Gasteiger partial charge on any atom is 0.293 e. The molecule has 7 nitrogen and oxygen atoms in total. The number of hydrogen-bond acceptors (Lipinski definition) is 5. The molecule has 1 saturated heterocycles. The second-order valence-electron chi connectivity index (χ2n) is 7.21. The zero-order valence-corrected chi connectivity index (χ0v) is 16.0. The molecule has 3 rings (SSSR count). The summed E-state index contributed by atoms with van der Waals surface area (Å²) in [6.45, 7) is 5.08. The standard InChI is InChI=1S/C21H23N3O4/c1-14-6-5-11-23(13-14)19-10-9-16(12-20(19)24(27)28)21(26)22-18-8-4-3-7-17(18)15(2)25/h3-4,7-10,12,14H,5-6,11,13H2,1-2H3,(H,22,26). The van der Waals surface area contributed by atoms with Gasteiger partial charge in [-0.3, -0.25) is 19.7 Å². The van der Waals surface area contributed by atoms with Crippen molar-refractivity contribution in [2.45, 2.75) is 26.7 Å². The largest absolute Gasteiger partial charge is 0.366 e. The Bertz CT molecular complexity index is 926. The summed E-state index contributed by atoms with van der Waals surface area (Å²) in [7, 11) is 0. The fraction of sp³-hybridized carbons (Fsp3) is 0.333. The van der Waals surface area contributed by atoms with E-state index in [1.807, 2.05) is 4.90 Å². The molecule has 146 valence electrons. The fourth-order valence-electron chi connectivity index (χ4n) is 3.58. The van der Waals surface area contributed by atoms with Crippen LogP contribution in [0.15, 0.2) is 42.5 Å². The Balaban J connectivity index is 1.89. The quantitative estimate of drug-likeness (QED) is 0.474. The number of rotatable bonds is 5. The third-order valence-electron chi connectivity index (χ3n) is 4.99. The molecule has 1 aliphatic heterocycles. The predicted molar refractivity (Wildman–Crippen MR) is 108 cm³/mol. The molecule has 0 bridgehead atoms. The van der Waals surface area contributed by atoms with E-state index < -0.39 is 10.8 Å². The first kappa shape index (κ1) is 19.5. The molecule has 0 aliphatic carbocycles. The van der Waals surface area contributed by atoms with Crippen LogP contribution in [0.1, 0.15) is 47.4 Å². The summed E-state index contributed by atoms with van der Waals surface area (Å²) < 4.78 is 0. The normalized spacial score (nSPS) is 16.5. The van der Waals surface area contributed by atoms with Crippen molar-refractivity contribution >= 4 is 28.8 Å². The molecule has 1 N–H and O–H groups in total. The topological polar surface area (TPSA) is 92.6 Å². The summed E-state index contributed by atoms with van der Waals surface area (Å²) in [5, 5.41) is 14.3. The highest BCUT2D eigenvalue weighted by Crippen LogP contribution is 2.32. The maximum atomic E-state index is 12.6. The average Bonchev–Trinajstić information content (AvgIpc) is 2.67. The maximum absolute atomic E-state index is 12.6. The number of amides is 1. The first-order valence-electron chi connectivity index (χ1n) is 9.31. The van der Waals surface area contributed by atoms with Crippen LogP contribution in [0.3, 0.4) is 0 Å². The number of hydrogen-bond donors (Lipinski definition) is 1. The van der Waals surface area contributed by atoms with E-state index in [9.17, 15) is 19.7 Å². The summed E-state index contributed by atoms with van der Waals surface area (Å²) in [5.74, 6) is -0.189. The molecule has 1 atom stereocenters. The van der Waals surface area contributed by atoms with Crippen molar-refractivity contribution in [2.75, 3.05) is 23.3 Å². The van der Waals surface area contributed by atoms with E-state index in [0.717, 1.165) is 25.9 Å². The summed E-state index contributed by atoms with van der Waals surface area (Å²) in [6, 6.07) is 11.2. The average molecular weight is 381 g/mol. The van der Waals surface area contributed by atoms with Gasteiger partial charge in [0.2, 0.25) is 0 Å². The van der Waals surface area contributed by atoms with E-state index in [-0.39, 0.29) is 17.0 Å². The van der Waals surface area contributed by atoms with Crippen molar-refractivity contribution in [1.29, 1.82) is 0 Å². The molecule has 28 heavy (non-hydrogen) atoms. The fourth-order valence-corrected chi connectivity index (χ4v) is 3.58. The molecule has 1 aliphatic rings.